The van der Waals surface area contributed by atoms with Gasteiger partial charge in [0.2, 0.25) is 0 Å². The van der Waals surface area contributed by atoms with Crippen LogP contribution in [0.15, 0.2) is 35.5 Å². The summed E-state index contributed by atoms with van der Waals surface area (Å²) in [5, 5.41) is 6.39. The van der Waals surface area contributed by atoms with Gasteiger partial charge in [-0.2, -0.15) is 0 Å². The minimum Gasteiger partial charge on any atom is -0.457 e. The zero-order chi connectivity index (χ0) is 16.3. The Bertz CT molecular complexity index is 613. The van der Waals surface area contributed by atoms with Crippen molar-refractivity contribution in [2.24, 2.45) is 0 Å². The van der Waals surface area contributed by atoms with E-state index in [2.05, 4.69) is 43.5 Å². The Morgan fingerprint density at radius 1 is 1.27 bits per heavy atom. The van der Waals surface area contributed by atoms with E-state index in [0.717, 1.165) is 11.3 Å². The Labute approximate surface area is 136 Å². The van der Waals surface area contributed by atoms with Gasteiger partial charge in [-0.3, -0.25) is 0 Å². The molecule has 0 saturated heterocycles. The molecule has 0 saturated carbocycles. The van der Waals surface area contributed by atoms with E-state index >= 15 is 0 Å². The average Bonchev–Trinajstić information content (AvgIpc) is 2.44. The van der Waals surface area contributed by atoms with Crippen LogP contribution in [0, 0.1) is 0 Å². The summed E-state index contributed by atoms with van der Waals surface area (Å²) in [5.74, 6) is -0.320. The van der Waals surface area contributed by atoms with E-state index in [-0.39, 0.29) is 18.0 Å². The van der Waals surface area contributed by atoms with Crippen molar-refractivity contribution in [1.29, 1.82) is 0 Å². The molecule has 0 aliphatic carbocycles. The summed E-state index contributed by atoms with van der Waals surface area (Å²) in [4.78, 5) is 12.1. The molecule has 1 aromatic carbocycles. The number of esters is 1. The lowest BCUT2D eigenvalue weighted by Gasteiger charge is -2.21. The van der Waals surface area contributed by atoms with Gasteiger partial charge in [0.15, 0.2) is 5.11 Å². The Morgan fingerprint density at radius 3 is 2.45 bits per heavy atom. The first kappa shape index (κ1) is 16.5. The van der Waals surface area contributed by atoms with Gasteiger partial charge in [-0.05, 0) is 35.7 Å². The van der Waals surface area contributed by atoms with E-state index in [1.54, 1.807) is 0 Å². The van der Waals surface area contributed by atoms with Crippen LogP contribution in [-0.4, -0.2) is 17.6 Å². The molecular formula is C17H22N2O2S. The van der Waals surface area contributed by atoms with Crippen molar-refractivity contribution < 1.29 is 9.53 Å². The van der Waals surface area contributed by atoms with E-state index in [0.29, 0.717) is 17.2 Å². The predicted molar refractivity (Wildman–Crippen MR) is 91.4 cm³/mol. The highest BCUT2D eigenvalue weighted by atomic mass is 32.1. The molecule has 5 heteroatoms. The largest absolute Gasteiger partial charge is 0.457 e. The normalized spacial score (nSPS) is 15.2. The summed E-state index contributed by atoms with van der Waals surface area (Å²) in [6.45, 7) is 9.01. The number of nitrogens with one attached hydrogen (secondary N) is 2. The van der Waals surface area contributed by atoms with E-state index in [4.69, 9.17) is 17.0 Å². The van der Waals surface area contributed by atoms with Crippen molar-refractivity contribution in [1.82, 2.24) is 10.6 Å². The molecule has 1 aliphatic rings. The summed E-state index contributed by atoms with van der Waals surface area (Å²) >= 11 is 5.00. The zero-order valence-electron chi connectivity index (χ0n) is 13.4. The molecule has 0 unspecified atom stereocenters. The monoisotopic (exact) mass is 318 g/mol. The van der Waals surface area contributed by atoms with Crippen molar-refractivity contribution in [3.05, 3.63) is 46.7 Å². The number of ether oxygens (including phenoxy) is 1. The quantitative estimate of drug-likeness (QED) is 0.663. The third-order valence-electron chi connectivity index (χ3n) is 3.62. The van der Waals surface area contributed by atoms with Crippen molar-refractivity contribution in [3.63, 3.8) is 0 Å². The molecular weight excluding hydrogens is 296 g/mol. The van der Waals surface area contributed by atoms with Gasteiger partial charge in [-0.25, -0.2) is 4.79 Å². The summed E-state index contributed by atoms with van der Waals surface area (Å²) in [6.07, 6.45) is 0. The fourth-order valence-electron chi connectivity index (χ4n) is 2.15. The van der Waals surface area contributed by atoms with E-state index in [1.807, 2.05) is 19.1 Å². The molecule has 22 heavy (non-hydrogen) atoms. The molecule has 0 aromatic heterocycles. The van der Waals surface area contributed by atoms with Crippen LogP contribution in [0.2, 0.25) is 0 Å². The van der Waals surface area contributed by atoms with Crippen molar-refractivity contribution in [2.45, 2.75) is 39.7 Å². The van der Waals surface area contributed by atoms with E-state index in [1.165, 1.54) is 5.56 Å². The van der Waals surface area contributed by atoms with Gasteiger partial charge in [0.1, 0.15) is 6.61 Å². The summed E-state index contributed by atoms with van der Waals surface area (Å²) in [5.41, 5.74) is 3.69. The van der Waals surface area contributed by atoms with Gasteiger partial charge in [0.25, 0.3) is 0 Å². The van der Waals surface area contributed by atoms with E-state index in [9.17, 15) is 4.79 Å². The molecule has 1 heterocycles. The third-order valence-corrected chi connectivity index (χ3v) is 3.86. The molecule has 0 radical (unpaired) electrons. The number of thiocarbonyl (C=S) groups is 1. The van der Waals surface area contributed by atoms with Crippen LogP contribution in [0.1, 0.15) is 38.8 Å². The second-order valence-corrected chi connectivity index (χ2v) is 6.84. The number of carbonyl (C=O) groups is 1. The molecule has 0 fully saturated rings. The van der Waals surface area contributed by atoms with Crippen LogP contribution in [0.5, 0.6) is 0 Å². The lowest BCUT2D eigenvalue weighted by Crippen LogP contribution is -2.42. The second kappa shape index (κ2) is 6.48. The molecule has 1 aliphatic heterocycles. The summed E-state index contributed by atoms with van der Waals surface area (Å²) in [7, 11) is 0. The van der Waals surface area contributed by atoms with E-state index < -0.39 is 0 Å². The Hall–Kier alpha value is -1.88. The fraction of sp³-hybridized carbons (Fsp3) is 0.412. The van der Waals surface area contributed by atoms with Gasteiger partial charge < -0.3 is 15.4 Å². The van der Waals surface area contributed by atoms with Crippen LogP contribution in [0.3, 0.4) is 0 Å². The maximum atomic E-state index is 12.1. The number of hydrogen-bond donors (Lipinski definition) is 2. The molecule has 0 amide bonds. The van der Waals surface area contributed by atoms with Crippen LogP contribution >= 0.6 is 12.2 Å². The number of hydrogen-bond acceptors (Lipinski definition) is 3. The first-order valence-electron chi connectivity index (χ1n) is 7.28. The van der Waals surface area contributed by atoms with Gasteiger partial charge >= 0.3 is 5.97 Å². The van der Waals surface area contributed by atoms with Crippen molar-refractivity contribution in [2.75, 3.05) is 6.54 Å². The second-order valence-electron chi connectivity index (χ2n) is 6.43. The SMILES string of the molecule is CC1=C(C(=O)OCc2ccc(C(C)(C)C)cc2)CNC(=S)N1. The molecule has 118 valence electrons. The minimum atomic E-state index is -0.320. The highest BCUT2D eigenvalue weighted by Crippen LogP contribution is 2.22. The fourth-order valence-corrected chi connectivity index (χ4v) is 2.38. The van der Waals surface area contributed by atoms with Crippen LogP contribution in [-0.2, 0) is 21.6 Å². The van der Waals surface area contributed by atoms with Crippen molar-refractivity contribution >= 4 is 23.3 Å². The number of benzene rings is 1. The summed E-state index contributed by atoms with van der Waals surface area (Å²) < 4.78 is 5.38. The first-order valence-corrected chi connectivity index (χ1v) is 7.69. The van der Waals surface area contributed by atoms with Crippen LogP contribution < -0.4 is 10.6 Å². The Balaban J connectivity index is 1.97. The molecule has 4 nitrogen and oxygen atoms in total. The molecule has 0 spiro atoms. The Morgan fingerprint density at radius 2 is 1.91 bits per heavy atom. The predicted octanol–water partition coefficient (Wildman–Crippen LogP) is 2.78. The highest BCUT2D eigenvalue weighted by molar-refractivity contribution is 7.80. The summed E-state index contributed by atoms with van der Waals surface area (Å²) in [6, 6.07) is 8.16. The number of rotatable bonds is 3. The first-order chi connectivity index (χ1) is 10.3. The van der Waals surface area contributed by atoms with Crippen LogP contribution in [0.4, 0.5) is 0 Å². The Kier molecular flexibility index (Phi) is 4.86. The molecule has 0 bridgehead atoms. The van der Waals surface area contributed by atoms with Gasteiger partial charge in [0, 0.05) is 5.70 Å². The highest BCUT2D eigenvalue weighted by Gasteiger charge is 2.19. The lowest BCUT2D eigenvalue weighted by molar-refractivity contribution is -0.140. The minimum absolute atomic E-state index is 0.120. The standard InChI is InChI=1S/C17H22N2O2S/c1-11-14(9-18-16(22)19-11)15(20)21-10-12-5-7-13(8-6-12)17(2,3)4/h5-8H,9-10H2,1-4H3,(H2,18,19,22). The topological polar surface area (TPSA) is 50.4 Å². The average molecular weight is 318 g/mol. The maximum absolute atomic E-state index is 12.1. The number of allylic oxidation sites excluding steroid dienone is 1. The molecule has 2 rings (SSSR count). The van der Waals surface area contributed by atoms with Gasteiger partial charge in [-0.15, -0.1) is 0 Å². The van der Waals surface area contributed by atoms with Gasteiger partial charge in [-0.1, -0.05) is 45.0 Å². The lowest BCUT2D eigenvalue weighted by atomic mass is 9.87. The van der Waals surface area contributed by atoms with Crippen LogP contribution in [0.25, 0.3) is 0 Å². The smallest absolute Gasteiger partial charge is 0.337 e. The maximum Gasteiger partial charge on any atom is 0.337 e. The molecule has 0 atom stereocenters. The molecule has 2 N–H and O–H groups in total. The van der Waals surface area contributed by atoms with Gasteiger partial charge in [0.05, 0.1) is 12.1 Å². The zero-order valence-corrected chi connectivity index (χ0v) is 14.3. The third kappa shape index (κ3) is 4.07. The molecule has 1 aromatic rings. The number of carbonyl (C=O) groups excluding carboxylic acids is 1. The van der Waals surface area contributed by atoms with Crippen molar-refractivity contribution in [3.8, 4) is 0 Å².